The molecule has 0 fully saturated rings. The Balaban J connectivity index is 0.000000235. The number of nitrogens with zero attached hydrogens (tertiary/aromatic N) is 8. The van der Waals surface area contributed by atoms with Crippen molar-refractivity contribution in [1.82, 2.24) is 38.1 Å². The van der Waals surface area contributed by atoms with Crippen LogP contribution in [-0.2, 0) is 46.3 Å². The van der Waals surface area contributed by atoms with Crippen LogP contribution in [0, 0.1) is 23.3 Å². The number of benzene rings is 4. The number of hydrogen-bond acceptors (Lipinski definition) is 16. The number of rotatable bonds is 15. The van der Waals surface area contributed by atoms with Gasteiger partial charge in [-0.05, 0) is 93.3 Å². The van der Waals surface area contributed by atoms with Gasteiger partial charge in [-0.25, -0.2) is 17.6 Å². The molecule has 0 saturated carbocycles. The van der Waals surface area contributed by atoms with Crippen molar-refractivity contribution in [3.63, 3.8) is 0 Å². The fraction of sp³-hybridized carbons (Fsp3) is 0.192. The van der Waals surface area contributed by atoms with Crippen molar-refractivity contribution in [2.75, 3.05) is 36.8 Å². The molecule has 10 rings (SSSR count). The van der Waals surface area contributed by atoms with Crippen LogP contribution < -0.4 is 44.2 Å². The average Bonchev–Trinajstić information content (AvgIpc) is 0.864. The minimum absolute atomic E-state index is 0. The van der Waals surface area contributed by atoms with E-state index in [1.54, 1.807) is 12.1 Å². The first-order valence-corrected chi connectivity index (χ1v) is 28.5. The average molecular weight is 1410 g/mol. The summed E-state index contributed by atoms with van der Waals surface area (Å²) >= 11 is 3.11. The molecular formula is C52H47BBrF10N10O12P2S2. The number of pyridine rings is 2. The maximum atomic E-state index is 15.5. The molecule has 0 aliphatic carbocycles. The van der Waals surface area contributed by atoms with Crippen molar-refractivity contribution in [2.24, 2.45) is 0 Å². The third-order valence-electron chi connectivity index (χ3n) is 12.5. The van der Waals surface area contributed by atoms with Crippen LogP contribution in [0.4, 0.5) is 55.5 Å². The molecule has 0 spiro atoms. The Bertz CT molecular complexity index is 4240. The topological polar surface area (TPSA) is 261 Å². The predicted octanol–water partition coefficient (Wildman–Crippen LogP) is 8.19. The predicted molar refractivity (Wildman–Crippen MR) is 318 cm³/mol. The molecule has 479 valence electrons. The van der Waals surface area contributed by atoms with Gasteiger partial charge in [-0.15, -0.1) is 36.5 Å². The van der Waals surface area contributed by atoms with Crippen LogP contribution in [0.25, 0.3) is 22.5 Å². The molecule has 1 radical (unpaired) electrons. The third-order valence-corrected chi connectivity index (χ3v) is 16.0. The second-order valence-electron chi connectivity index (χ2n) is 18.1. The molecule has 38 heteroatoms. The minimum atomic E-state index is -5.17. The molecule has 2 atom stereocenters. The number of hydrogen-bond donors (Lipinski definition) is 3. The van der Waals surface area contributed by atoms with Crippen LogP contribution in [0.15, 0.2) is 136 Å². The highest BCUT2D eigenvalue weighted by molar-refractivity contribution is 9.10. The summed E-state index contributed by atoms with van der Waals surface area (Å²) in [6.07, 6.45) is -7.02. The normalized spacial score (nSPS) is 13.2. The van der Waals surface area contributed by atoms with E-state index >= 15 is 4.39 Å². The van der Waals surface area contributed by atoms with E-state index in [1.807, 2.05) is 0 Å². The minimum Gasteiger partial charge on any atom is -0.537 e. The summed E-state index contributed by atoms with van der Waals surface area (Å²) in [4.78, 5) is 25.7. The molecule has 3 N–H and O–H groups in total. The van der Waals surface area contributed by atoms with Gasteiger partial charge in [0.1, 0.15) is 28.9 Å². The van der Waals surface area contributed by atoms with Crippen molar-refractivity contribution in [2.45, 2.75) is 38.7 Å². The summed E-state index contributed by atoms with van der Waals surface area (Å²) < 4.78 is 213. The Hall–Kier alpha value is -7.98. The number of alkyl halides is 6. The molecule has 0 saturated heterocycles. The quantitative estimate of drug-likeness (QED) is 0.0496. The van der Waals surface area contributed by atoms with E-state index in [9.17, 15) is 65.9 Å². The Morgan fingerprint density at radius 2 is 1.03 bits per heavy atom. The Labute approximate surface area is 519 Å². The van der Waals surface area contributed by atoms with E-state index in [4.69, 9.17) is 14.5 Å². The lowest BCUT2D eigenvalue weighted by atomic mass is 10.0. The lowest BCUT2D eigenvalue weighted by molar-refractivity contribution is -0.276. The molecule has 0 bridgehead atoms. The zero-order valence-electron chi connectivity index (χ0n) is 46.3. The monoisotopic (exact) mass is 1410 g/mol. The van der Waals surface area contributed by atoms with Gasteiger partial charge in [0, 0.05) is 98.7 Å². The van der Waals surface area contributed by atoms with Crippen LogP contribution >= 0.6 is 35.7 Å². The van der Waals surface area contributed by atoms with Gasteiger partial charge in [0.15, 0.2) is 34.8 Å². The number of ether oxygens (including phenoxy) is 4. The van der Waals surface area contributed by atoms with E-state index in [-0.39, 0.29) is 122 Å². The smallest absolute Gasteiger partial charge is 0.537 e. The van der Waals surface area contributed by atoms with Crippen LogP contribution in [0.5, 0.6) is 28.7 Å². The van der Waals surface area contributed by atoms with Crippen LogP contribution in [0.3, 0.4) is 0 Å². The summed E-state index contributed by atoms with van der Waals surface area (Å²) in [5, 5.41) is 22.9. The Kier molecular flexibility index (Phi) is 23.5. The Morgan fingerprint density at radius 1 is 0.578 bits per heavy atom. The standard InChI is InChI=1S/C26H20F5N5O5S.C19H17BrFN5O4S.C7H4BF4O3.2H3P/c1-40-23-12-17(15-4-6-18(27)22(11-15)41-26(29,30)31)19(28)13-21(23)36-20-8-10-35(14-16(20)5-7-25(36)37)42(38,39)34-24-3-2-9-32-33-24;1-30-17-9-13(20)14(21)10-16(17)26-15-6-8-25(11-12(15)4-5-19(26)27)31(28,29)24-18-3-2-7-22-23-18;9-5-2-1-4(15-8-13)3-6(5)14-7(10,11)12;;/h2-7,9,11-13H,8,10,14H2,1H3,(H,33,34);2-5,7,9-10H,6,8,11H2,1H3,(H,23,24);1-3,13H;2*1H3. The lowest BCUT2D eigenvalue weighted by Gasteiger charge is -2.30. The van der Waals surface area contributed by atoms with Crippen LogP contribution in [0.2, 0.25) is 0 Å². The molecule has 22 nitrogen and oxygen atoms in total. The van der Waals surface area contributed by atoms with Gasteiger partial charge in [-0.2, -0.15) is 55.4 Å². The number of anilines is 2. The molecule has 2 aliphatic heterocycles. The summed E-state index contributed by atoms with van der Waals surface area (Å²) in [5.74, 6) is -5.93. The largest absolute Gasteiger partial charge is 0.573 e. The number of methoxy groups -OCH3 is 2. The van der Waals surface area contributed by atoms with Crippen molar-refractivity contribution in [1.29, 1.82) is 0 Å². The van der Waals surface area contributed by atoms with Gasteiger partial charge in [0.05, 0.1) is 30.1 Å². The molecular weight excluding hydrogens is 1360 g/mol. The second-order valence-corrected chi connectivity index (χ2v) is 22.3. The van der Waals surface area contributed by atoms with E-state index < -0.39 is 73.5 Å². The molecule has 8 aromatic rings. The second kappa shape index (κ2) is 29.8. The molecule has 6 heterocycles. The summed E-state index contributed by atoms with van der Waals surface area (Å²) in [7, 11) is -5.00. The van der Waals surface area contributed by atoms with Crippen LogP contribution in [0.1, 0.15) is 22.5 Å². The molecule has 4 aromatic heterocycles. The van der Waals surface area contributed by atoms with Gasteiger partial charge in [0.2, 0.25) is 0 Å². The number of halogens is 11. The van der Waals surface area contributed by atoms with Crippen LogP contribution in [-0.4, -0.2) is 108 Å². The zero-order valence-corrected chi connectivity index (χ0v) is 52.3. The fourth-order valence-corrected chi connectivity index (χ4v) is 11.4. The highest BCUT2D eigenvalue weighted by atomic mass is 79.9. The summed E-state index contributed by atoms with van der Waals surface area (Å²) in [5.41, 5.74) is 1.00. The zero-order chi connectivity index (χ0) is 63.9. The maximum absolute atomic E-state index is 15.5. The molecule has 0 amide bonds. The van der Waals surface area contributed by atoms with E-state index in [0.717, 1.165) is 34.6 Å². The van der Waals surface area contributed by atoms with E-state index in [0.29, 0.717) is 46.5 Å². The van der Waals surface area contributed by atoms with Crippen molar-refractivity contribution < 1.29 is 89.4 Å². The van der Waals surface area contributed by atoms with Gasteiger partial charge in [-0.1, -0.05) is 18.2 Å². The van der Waals surface area contributed by atoms with Gasteiger partial charge >= 0.3 is 40.8 Å². The first kappa shape index (κ1) is 71.1. The maximum Gasteiger partial charge on any atom is 0.573 e. The van der Waals surface area contributed by atoms with E-state index in [2.05, 4.69) is 59.9 Å². The first-order chi connectivity index (χ1) is 41.6. The summed E-state index contributed by atoms with van der Waals surface area (Å²) in [6, 6.07) is 21.2. The van der Waals surface area contributed by atoms with Gasteiger partial charge in [-0.3, -0.25) is 28.2 Å². The SMILES string of the molecule is COc1cc(-c2ccc(F)c(OC(F)(F)F)c2)c(F)cc1-n1c2c(ccc1=O)CN(S(=O)(=O)Nc1cccnn1)CC2.COc1cc(Br)c(F)cc1-n1c2c(ccc1=O)CN(S(=O)(=O)Nc1cccnn1)CC2.O[B]Oc1ccc(F)c(OC(F)(F)F)c1.P.P. The van der Waals surface area contributed by atoms with Crippen molar-refractivity contribution in [3.05, 3.63) is 193 Å². The highest BCUT2D eigenvalue weighted by Gasteiger charge is 2.35. The number of aromatic nitrogens is 6. The Morgan fingerprint density at radius 3 is 1.48 bits per heavy atom. The summed E-state index contributed by atoms with van der Waals surface area (Å²) in [6.45, 7) is -0.00193. The fourth-order valence-electron chi connectivity index (χ4n) is 8.77. The van der Waals surface area contributed by atoms with Crippen molar-refractivity contribution >= 4 is 75.5 Å². The molecule has 2 unspecified atom stereocenters. The lowest BCUT2D eigenvalue weighted by Crippen LogP contribution is -2.41. The van der Waals surface area contributed by atoms with E-state index in [1.165, 1.54) is 88.6 Å². The van der Waals surface area contributed by atoms with Gasteiger partial charge < -0.3 is 28.6 Å². The molecule has 4 aromatic carbocycles. The van der Waals surface area contributed by atoms with Gasteiger partial charge in [0.25, 0.3) is 11.1 Å². The third kappa shape index (κ3) is 17.5. The van der Waals surface area contributed by atoms with Crippen molar-refractivity contribution in [3.8, 4) is 51.2 Å². The number of nitrogens with one attached hydrogen (secondary N) is 2. The number of fused-ring (bicyclic) bond motifs is 2. The molecule has 2 aliphatic rings. The first-order valence-electron chi connectivity index (χ1n) is 24.8. The highest BCUT2D eigenvalue weighted by Crippen LogP contribution is 2.38. The molecule has 90 heavy (non-hydrogen) atoms.